The lowest BCUT2D eigenvalue weighted by Gasteiger charge is -2.31. The van der Waals surface area contributed by atoms with Gasteiger partial charge >= 0.3 is 0 Å². The van der Waals surface area contributed by atoms with E-state index in [1.807, 2.05) is 4.90 Å². The first-order chi connectivity index (χ1) is 7.02. The Balaban J connectivity index is 2.07. The normalized spacial score (nSPS) is 43.5. The van der Waals surface area contributed by atoms with Crippen molar-refractivity contribution in [1.29, 1.82) is 0 Å². The van der Waals surface area contributed by atoms with Gasteiger partial charge in [0.15, 0.2) is 5.78 Å². The first kappa shape index (κ1) is 11.0. The molecular formula is C10H17NO4. The van der Waals surface area contributed by atoms with Gasteiger partial charge in [0.05, 0.1) is 24.9 Å². The highest BCUT2D eigenvalue weighted by molar-refractivity contribution is 5.91. The molecule has 0 aromatic rings. The summed E-state index contributed by atoms with van der Waals surface area (Å²) in [7, 11) is 0. The molecule has 3 atom stereocenters. The van der Waals surface area contributed by atoms with Crippen molar-refractivity contribution in [2.45, 2.75) is 31.1 Å². The van der Waals surface area contributed by atoms with Crippen molar-refractivity contribution < 1.29 is 19.7 Å². The van der Waals surface area contributed by atoms with Crippen molar-refractivity contribution in [3.8, 4) is 0 Å². The van der Waals surface area contributed by atoms with E-state index in [0.29, 0.717) is 32.7 Å². The standard InChI is InChI=1S/C10H17NO4/c1-10(14)6-7(8(12)9(10)13)11-2-4-15-5-3-11/h7,9,13-14H,2-6H2,1H3. The molecule has 3 unspecified atom stereocenters. The second kappa shape index (κ2) is 3.83. The molecule has 1 aliphatic heterocycles. The number of carbonyl (C=O) groups is 1. The van der Waals surface area contributed by atoms with Crippen LogP contribution >= 0.6 is 0 Å². The Bertz CT molecular complexity index is 260. The highest BCUT2D eigenvalue weighted by atomic mass is 16.5. The van der Waals surface area contributed by atoms with Crippen LogP contribution in [-0.2, 0) is 9.53 Å². The topological polar surface area (TPSA) is 70.0 Å². The van der Waals surface area contributed by atoms with Gasteiger partial charge in [-0.05, 0) is 6.92 Å². The van der Waals surface area contributed by atoms with Crippen molar-refractivity contribution in [1.82, 2.24) is 4.90 Å². The summed E-state index contributed by atoms with van der Waals surface area (Å²) < 4.78 is 5.20. The third-order valence-electron chi connectivity index (χ3n) is 3.28. The minimum atomic E-state index is -1.28. The third-order valence-corrected chi connectivity index (χ3v) is 3.28. The lowest BCUT2D eigenvalue weighted by Crippen LogP contribution is -2.46. The van der Waals surface area contributed by atoms with Gasteiger partial charge in [0.1, 0.15) is 6.10 Å². The molecule has 0 radical (unpaired) electrons. The molecule has 0 aromatic carbocycles. The van der Waals surface area contributed by atoms with Crippen LogP contribution in [0.15, 0.2) is 0 Å². The Morgan fingerprint density at radius 2 is 2.07 bits per heavy atom. The van der Waals surface area contributed by atoms with E-state index >= 15 is 0 Å². The maximum Gasteiger partial charge on any atom is 0.181 e. The van der Waals surface area contributed by atoms with E-state index in [4.69, 9.17) is 4.74 Å². The first-order valence-electron chi connectivity index (χ1n) is 5.28. The smallest absolute Gasteiger partial charge is 0.181 e. The zero-order valence-corrected chi connectivity index (χ0v) is 8.85. The van der Waals surface area contributed by atoms with Gasteiger partial charge in [-0.2, -0.15) is 0 Å². The largest absolute Gasteiger partial charge is 0.387 e. The molecule has 0 aromatic heterocycles. The number of ether oxygens (including phenoxy) is 1. The number of carbonyl (C=O) groups excluding carboxylic acids is 1. The number of Topliss-reactive ketones (excluding diaryl/α,β-unsaturated/α-hetero) is 1. The molecule has 2 N–H and O–H groups in total. The van der Waals surface area contributed by atoms with Crippen LogP contribution in [0.3, 0.4) is 0 Å². The second-order valence-electron chi connectivity index (χ2n) is 4.53. The van der Waals surface area contributed by atoms with E-state index in [1.165, 1.54) is 6.92 Å². The zero-order chi connectivity index (χ0) is 11.1. The van der Waals surface area contributed by atoms with Gasteiger partial charge in [-0.3, -0.25) is 9.69 Å². The number of ketones is 1. The number of rotatable bonds is 1. The summed E-state index contributed by atoms with van der Waals surface area (Å²) in [6.07, 6.45) is -0.933. The Morgan fingerprint density at radius 1 is 1.47 bits per heavy atom. The molecule has 2 aliphatic rings. The summed E-state index contributed by atoms with van der Waals surface area (Å²) >= 11 is 0. The number of hydrogen-bond acceptors (Lipinski definition) is 5. The summed E-state index contributed by atoms with van der Waals surface area (Å²) in [5, 5.41) is 19.4. The van der Waals surface area contributed by atoms with Crippen molar-refractivity contribution in [3.63, 3.8) is 0 Å². The number of nitrogens with zero attached hydrogens (tertiary/aromatic N) is 1. The van der Waals surface area contributed by atoms with Crippen LogP contribution in [0.5, 0.6) is 0 Å². The lowest BCUT2D eigenvalue weighted by atomic mass is 10.0. The van der Waals surface area contributed by atoms with Crippen molar-refractivity contribution >= 4 is 5.78 Å². The van der Waals surface area contributed by atoms with Gasteiger partial charge in [0, 0.05) is 19.5 Å². The Labute approximate surface area is 88.6 Å². The van der Waals surface area contributed by atoms with Crippen molar-refractivity contribution in [3.05, 3.63) is 0 Å². The van der Waals surface area contributed by atoms with Crippen LogP contribution in [-0.4, -0.2) is 64.9 Å². The predicted molar refractivity (Wildman–Crippen MR) is 52.4 cm³/mol. The maximum absolute atomic E-state index is 11.7. The minimum absolute atomic E-state index is 0.262. The molecule has 5 heteroatoms. The van der Waals surface area contributed by atoms with Crippen LogP contribution < -0.4 is 0 Å². The predicted octanol–water partition coefficient (Wildman–Crippen LogP) is -1.23. The summed E-state index contributed by atoms with van der Waals surface area (Å²) in [6.45, 7) is 4.12. The molecule has 1 aliphatic carbocycles. The lowest BCUT2D eigenvalue weighted by molar-refractivity contribution is -0.134. The number of aliphatic hydroxyl groups is 2. The summed E-state index contributed by atoms with van der Waals surface area (Å²) in [5.74, 6) is -0.262. The zero-order valence-electron chi connectivity index (χ0n) is 8.85. The van der Waals surface area contributed by atoms with Crippen LogP contribution in [0.4, 0.5) is 0 Å². The quantitative estimate of drug-likeness (QED) is 0.573. The maximum atomic E-state index is 11.7. The van der Waals surface area contributed by atoms with E-state index < -0.39 is 11.7 Å². The molecule has 86 valence electrons. The van der Waals surface area contributed by atoms with Gasteiger partial charge < -0.3 is 14.9 Å². The average molecular weight is 215 g/mol. The van der Waals surface area contributed by atoms with E-state index in [-0.39, 0.29) is 11.8 Å². The SMILES string of the molecule is CC1(O)CC(N2CCOCC2)C(=O)C1O. The highest BCUT2D eigenvalue weighted by Gasteiger charge is 2.50. The van der Waals surface area contributed by atoms with Crippen molar-refractivity contribution in [2.75, 3.05) is 26.3 Å². The molecule has 0 bridgehead atoms. The van der Waals surface area contributed by atoms with Crippen LogP contribution in [0.25, 0.3) is 0 Å². The van der Waals surface area contributed by atoms with E-state index in [1.54, 1.807) is 0 Å². The number of hydrogen-bond donors (Lipinski definition) is 2. The average Bonchev–Trinajstić information content (AvgIpc) is 2.44. The van der Waals surface area contributed by atoms with Crippen LogP contribution in [0.2, 0.25) is 0 Å². The monoisotopic (exact) mass is 215 g/mol. The fraction of sp³-hybridized carbons (Fsp3) is 0.900. The molecule has 1 saturated heterocycles. The summed E-state index contributed by atoms with van der Waals surface area (Å²) in [6, 6.07) is -0.348. The molecule has 5 nitrogen and oxygen atoms in total. The molecule has 2 fully saturated rings. The molecule has 15 heavy (non-hydrogen) atoms. The Kier molecular flexibility index (Phi) is 2.81. The molecule has 1 heterocycles. The molecule has 1 saturated carbocycles. The number of morpholine rings is 1. The van der Waals surface area contributed by atoms with E-state index in [9.17, 15) is 15.0 Å². The van der Waals surface area contributed by atoms with Gasteiger partial charge in [0.25, 0.3) is 0 Å². The third kappa shape index (κ3) is 1.92. The van der Waals surface area contributed by atoms with Crippen LogP contribution in [0.1, 0.15) is 13.3 Å². The molecule has 0 amide bonds. The molecular weight excluding hydrogens is 198 g/mol. The minimum Gasteiger partial charge on any atom is -0.387 e. The van der Waals surface area contributed by atoms with E-state index in [0.717, 1.165) is 0 Å². The van der Waals surface area contributed by atoms with Gasteiger partial charge in [-0.1, -0.05) is 0 Å². The second-order valence-corrected chi connectivity index (χ2v) is 4.53. The number of aliphatic hydroxyl groups excluding tert-OH is 1. The van der Waals surface area contributed by atoms with Gasteiger partial charge in [-0.15, -0.1) is 0 Å². The fourth-order valence-electron chi connectivity index (χ4n) is 2.29. The summed E-state index contributed by atoms with van der Waals surface area (Å²) in [5.41, 5.74) is -1.28. The highest BCUT2D eigenvalue weighted by Crippen LogP contribution is 2.30. The van der Waals surface area contributed by atoms with Gasteiger partial charge in [-0.25, -0.2) is 0 Å². The van der Waals surface area contributed by atoms with Crippen LogP contribution in [0, 0.1) is 0 Å². The Hall–Kier alpha value is -0.490. The molecule has 2 rings (SSSR count). The first-order valence-corrected chi connectivity index (χ1v) is 5.28. The summed E-state index contributed by atoms with van der Waals surface area (Å²) in [4.78, 5) is 13.7. The van der Waals surface area contributed by atoms with Crippen molar-refractivity contribution in [2.24, 2.45) is 0 Å². The fourth-order valence-corrected chi connectivity index (χ4v) is 2.29. The van der Waals surface area contributed by atoms with E-state index in [2.05, 4.69) is 0 Å². The molecule has 0 spiro atoms. The Morgan fingerprint density at radius 3 is 2.53 bits per heavy atom. The van der Waals surface area contributed by atoms with Gasteiger partial charge in [0.2, 0.25) is 0 Å².